The SMILES string of the molecule is COc1ccc(N2C(=O)CC[C@H]2C(=O)O)c(C)c1. The van der Waals surface area contributed by atoms with E-state index in [2.05, 4.69) is 0 Å². The Balaban J connectivity index is 2.40. The molecule has 0 radical (unpaired) electrons. The van der Waals surface area contributed by atoms with Crippen LogP contribution in [0.15, 0.2) is 18.2 Å². The fourth-order valence-corrected chi connectivity index (χ4v) is 2.24. The number of anilines is 1. The number of ether oxygens (including phenoxy) is 1. The van der Waals surface area contributed by atoms with Gasteiger partial charge in [-0.1, -0.05) is 0 Å². The molecule has 1 aromatic carbocycles. The van der Waals surface area contributed by atoms with Crippen molar-refractivity contribution in [3.63, 3.8) is 0 Å². The Labute approximate surface area is 105 Å². The van der Waals surface area contributed by atoms with Crippen LogP contribution in [-0.2, 0) is 9.59 Å². The van der Waals surface area contributed by atoms with Crippen LogP contribution in [0.1, 0.15) is 18.4 Å². The lowest BCUT2D eigenvalue weighted by atomic mass is 10.1. The molecule has 1 aliphatic heterocycles. The Kier molecular flexibility index (Phi) is 3.23. The van der Waals surface area contributed by atoms with Crippen molar-refractivity contribution in [1.82, 2.24) is 0 Å². The topological polar surface area (TPSA) is 66.8 Å². The summed E-state index contributed by atoms with van der Waals surface area (Å²) < 4.78 is 5.09. The summed E-state index contributed by atoms with van der Waals surface area (Å²) in [6, 6.07) is 4.49. The van der Waals surface area contributed by atoms with E-state index in [0.717, 1.165) is 5.56 Å². The van der Waals surface area contributed by atoms with Crippen LogP contribution in [0, 0.1) is 6.92 Å². The molecule has 1 atom stereocenters. The van der Waals surface area contributed by atoms with Gasteiger partial charge in [-0.3, -0.25) is 9.69 Å². The second-order valence-electron chi connectivity index (χ2n) is 4.31. The first-order valence-electron chi connectivity index (χ1n) is 5.74. The van der Waals surface area contributed by atoms with Gasteiger partial charge in [-0.25, -0.2) is 4.79 Å². The molecule has 96 valence electrons. The largest absolute Gasteiger partial charge is 0.497 e. The van der Waals surface area contributed by atoms with Gasteiger partial charge < -0.3 is 9.84 Å². The standard InChI is InChI=1S/C13H15NO4/c1-8-7-9(18-2)3-4-10(8)14-11(13(16)17)5-6-12(14)15/h3-4,7,11H,5-6H2,1-2H3,(H,16,17)/t11-/m0/s1. The van der Waals surface area contributed by atoms with E-state index in [9.17, 15) is 9.59 Å². The molecule has 1 N–H and O–H groups in total. The van der Waals surface area contributed by atoms with Crippen LogP contribution in [0.25, 0.3) is 0 Å². The van der Waals surface area contributed by atoms with E-state index in [-0.39, 0.29) is 12.3 Å². The summed E-state index contributed by atoms with van der Waals surface area (Å²) in [7, 11) is 1.56. The highest BCUT2D eigenvalue weighted by Crippen LogP contribution is 2.31. The molecule has 5 nitrogen and oxygen atoms in total. The first-order chi connectivity index (χ1) is 8.54. The van der Waals surface area contributed by atoms with Gasteiger partial charge in [-0.15, -0.1) is 0 Å². The molecule has 1 heterocycles. The van der Waals surface area contributed by atoms with Crippen LogP contribution in [0.2, 0.25) is 0 Å². The number of aliphatic carboxylic acids is 1. The molecule has 5 heteroatoms. The summed E-state index contributed by atoms with van der Waals surface area (Å²) in [5, 5.41) is 9.14. The maximum absolute atomic E-state index is 11.8. The lowest BCUT2D eigenvalue weighted by Gasteiger charge is -2.23. The number of aryl methyl sites for hydroxylation is 1. The minimum atomic E-state index is -0.962. The highest BCUT2D eigenvalue weighted by Gasteiger charge is 2.37. The van der Waals surface area contributed by atoms with Crippen LogP contribution in [0.4, 0.5) is 5.69 Å². The van der Waals surface area contributed by atoms with Crippen molar-refractivity contribution in [2.45, 2.75) is 25.8 Å². The van der Waals surface area contributed by atoms with Gasteiger partial charge in [0.1, 0.15) is 11.8 Å². The Morgan fingerprint density at radius 3 is 2.78 bits per heavy atom. The van der Waals surface area contributed by atoms with E-state index >= 15 is 0 Å². The Morgan fingerprint density at radius 2 is 2.22 bits per heavy atom. The molecule has 1 fully saturated rings. The van der Waals surface area contributed by atoms with Gasteiger partial charge in [-0.2, -0.15) is 0 Å². The zero-order chi connectivity index (χ0) is 13.3. The van der Waals surface area contributed by atoms with Gasteiger partial charge >= 0.3 is 5.97 Å². The third-order valence-corrected chi connectivity index (χ3v) is 3.16. The fraction of sp³-hybridized carbons (Fsp3) is 0.385. The summed E-state index contributed by atoms with van der Waals surface area (Å²) in [5.74, 6) is -0.415. The average Bonchev–Trinajstić information content (AvgIpc) is 2.71. The molecule has 1 saturated heterocycles. The zero-order valence-corrected chi connectivity index (χ0v) is 10.3. The summed E-state index contributed by atoms with van der Waals surface area (Å²) >= 11 is 0. The van der Waals surface area contributed by atoms with Gasteiger partial charge in [0, 0.05) is 12.1 Å². The number of carboxylic acid groups (broad SMARTS) is 1. The quantitative estimate of drug-likeness (QED) is 0.883. The predicted molar refractivity (Wildman–Crippen MR) is 65.9 cm³/mol. The van der Waals surface area contributed by atoms with E-state index in [0.29, 0.717) is 17.9 Å². The van der Waals surface area contributed by atoms with Gasteiger partial charge in [0.2, 0.25) is 5.91 Å². The summed E-state index contributed by atoms with van der Waals surface area (Å²) in [4.78, 5) is 24.3. The molecule has 0 bridgehead atoms. The normalized spacial score (nSPS) is 19.1. The predicted octanol–water partition coefficient (Wildman–Crippen LogP) is 1.58. The van der Waals surface area contributed by atoms with Crippen molar-refractivity contribution in [1.29, 1.82) is 0 Å². The number of nitrogens with zero attached hydrogens (tertiary/aromatic N) is 1. The number of benzene rings is 1. The van der Waals surface area contributed by atoms with E-state index in [4.69, 9.17) is 9.84 Å². The molecule has 0 aliphatic carbocycles. The van der Waals surface area contributed by atoms with E-state index in [1.54, 1.807) is 25.3 Å². The van der Waals surface area contributed by atoms with Crippen molar-refractivity contribution in [2.24, 2.45) is 0 Å². The number of amides is 1. The van der Waals surface area contributed by atoms with Gasteiger partial charge in [0.15, 0.2) is 0 Å². The van der Waals surface area contributed by atoms with E-state index in [1.165, 1.54) is 4.90 Å². The van der Waals surface area contributed by atoms with Crippen LogP contribution in [0.5, 0.6) is 5.75 Å². The molecular weight excluding hydrogens is 234 g/mol. The van der Waals surface area contributed by atoms with E-state index in [1.807, 2.05) is 6.92 Å². The van der Waals surface area contributed by atoms with Crippen LogP contribution in [0.3, 0.4) is 0 Å². The Bertz CT molecular complexity index is 498. The molecule has 0 aromatic heterocycles. The maximum atomic E-state index is 11.8. The molecule has 18 heavy (non-hydrogen) atoms. The second kappa shape index (κ2) is 4.68. The number of hydrogen-bond donors (Lipinski definition) is 1. The molecule has 0 spiro atoms. The molecule has 1 amide bonds. The average molecular weight is 249 g/mol. The third kappa shape index (κ3) is 2.03. The molecule has 2 rings (SSSR count). The summed E-state index contributed by atoms with van der Waals surface area (Å²) in [6.07, 6.45) is 0.641. The molecular formula is C13H15NO4. The lowest BCUT2D eigenvalue weighted by molar-refractivity contribution is -0.138. The zero-order valence-electron chi connectivity index (χ0n) is 10.3. The smallest absolute Gasteiger partial charge is 0.326 e. The lowest BCUT2D eigenvalue weighted by Crippen LogP contribution is -2.38. The Hall–Kier alpha value is -2.04. The monoisotopic (exact) mass is 249 g/mol. The summed E-state index contributed by atoms with van der Waals surface area (Å²) in [6.45, 7) is 1.84. The van der Waals surface area contributed by atoms with Crippen molar-refractivity contribution >= 4 is 17.6 Å². The molecule has 0 unspecified atom stereocenters. The number of carboxylic acids is 1. The first-order valence-corrected chi connectivity index (χ1v) is 5.74. The first kappa shape index (κ1) is 12.4. The van der Waals surface area contributed by atoms with Crippen LogP contribution in [-0.4, -0.2) is 30.1 Å². The maximum Gasteiger partial charge on any atom is 0.326 e. The van der Waals surface area contributed by atoms with Crippen molar-refractivity contribution in [3.8, 4) is 5.75 Å². The molecule has 0 saturated carbocycles. The van der Waals surface area contributed by atoms with Crippen LogP contribution >= 0.6 is 0 Å². The fourth-order valence-electron chi connectivity index (χ4n) is 2.24. The number of rotatable bonds is 3. The van der Waals surface area contributed by atoms with Crippen molar-refractivity contribution in [3.05, 3.63) is 23.8 Å². The Morgan fingerprint density at radius 1 is 1.50 bits per heavy atom. The van der Waals surface area contributed by atoms with Gasteiger partial charge in [-0.05, 0) is 37.1 Å². The molecule has 1 aromatic rings. The van der Waals surface area contributed by atoms with Gasteiger partial charge in [0.05, 0.1) is 7.11 Å². The number of carbonyl (C=O) groups excluding carboxylic acids is 1. The second-order valence-corrected chi connectivity index (χ2v) is 4.31. The number of carbonyl (C=O) groups is 2. The third-order valence-electron chi connectivity index (χ3n) is 3.16. The highest BCUT2D eigenvalue weighted by molar-refractivity contribution is 6.02. The van der Waals surface area contributed by atoms with Gasteiger partial charge in [0.25, 0.3) is 0 Å². The van der Waals surface area contributed by atoms with Crippen molar-refractivity contribution < 1.29 is 19.4 Å². The summed E-state index contributed by atoms with van der Waals surface area (Å²) in [5.41, 5.74) is 1.47. The van der Waals surface area contributed by atoms with E-state index < -0.39 is 12.0 Å². The number of methoxy groups -OCH3 is 1. The van der Waals surface area contributed by atoms with Crippen molar-refractivity contribution in [2.75, 3.05) is 12.0 Å². The molecule has 1 aliphatic rings. The van der Waals surface area contributed by atoms with Crippen LogP contribution < -0.4 is 9.64 Å². The highest BCUT2D eigenvalue weighted by atomic mass is 16.5. The minimum Gasteiger partial charge on any atom is -0.497 e. The number of hydrogen-bond acceptors (Lipinski definition) is 3. The minimum absolute atomic E-state index is 0.143.